The van der Waals surface area contributed by atoms with Crippen molar-refractivity contribution in [1.29, 1.82) is 0 Å². The molecule has 0 aliphatic carbocycles. The number of rotatable bonds is 3. The van der Waals surface area contributed by atoms with E-state index in [4.69, 9.17) is 10.1 Å². The Morgan fingerprint density at radius 3 is 2.84 bits per heavy atom. The average Bonchev–Trinajstić information content (AvgIpc) is 3.37. The lowest BCUT2D eigenvalue weighted by Crippen LogP contribution is -1.94. The minimum Gasteiger partial charge on any atom is -0.247 e. The number of hydrogen-bond acceptors (Lipinski definition) is 6. The summed E-state index contributed by atoms with van der Waals surface area (Å²) < 4.78 is 1.85. The molecule has 0 saturated heterocycles. The molecule has 0 atom stereocenters. The predicted octanol–water partition coefficient (Wildman–Crippen LogP) is 4.69. The Morgan fingerprint density at radius 2 is 2.00 bits per heavy atom. The Balaban J connectivity index is 1.79. The van der Waals surface area contributed by atoms with Gasteiger partial charge in [0.25, 0.3) is 0 Å². The summed E-state index contributed by atoms with van der Waals surface area (Å²) in [6, 6.07) is 14.5. The predicted molar refractivity (Wildman–Crippen MR) is 102 cm³/mol. The van der Waals surface area contributed by atoms with Crippen LogP contribution in [0, 0.1) is 0 Å². The van der Waals surface area contributed by atoms with Crippen molar-refractivity contribution >= 4 is 38.5 Å². The topological polar surface area (TPSA) is 56.0 Å². The molecule has 0 aliphatic rings. The van der Waals surface area contributed by atoms with Gasteiger partial charge >= 0.3 is 0 Å². The molecule has 0 spiro atoms. The Morgan fingerprint density at radius 1 is 1.08 bits per heavy atom. The van der Waals surface area contributed by atoms with Crippen LogP contribution in [0.1, 0.15) is 12.7 Å². The first-order valence-electron chi connectivity index (χ1n) is 7.98. The van der Waals surface area contributed by atoms with E-state index in [1.807, 2.05) is 28.8 Å². The van der Waals surface area contributed by atoms with Gasteiger partial charge in [0.15, 0.2) is 5.82 Å². The van der Waals surface area contributed by atoms with Crippen LogP contribution in [0.15, 0.2) is 47.8 Å². The molecular weight excluding hydrogens is 350 g/mol. The van der Waals surface area contributed by atoms with Gasteiger partial charge in [0.2, 0.25) is 4.96 Å². The standard InChI is InChI=1S/C18H13N5S2/c1-2-16-20-21-18-23(16)22-17(25-18)12-10-14(15-8-5-9-24-15)19-13-7-4-3-6-11(12)13/h3-10H,2H2,1H3. The maximum absolute atomic E-state index is 4.83. The van der Waals surface area contributed by atoms with Crippen LogP contribution >= 0.6 is 22.7 Å². The summed E-state index contributed by atoms with van der Waals surface area (Å²) in [5.74, 6) is 0.884. The van der Waals surface area contributed by atoms with E-state index in [1.54, 1.807) is 22.7 Å². The first-order chi connectivity index (χ1) is 12.3. The van der Waals surface area contributed by atoms with Crippen LogP contribution in [0.5, 0.6) is 0 Å². The van der Waals surface area contributed by atoms with Crippen LogP contribution in [0.4, 0.5) is 0 Å². The minimum atomic E-state index is 0.807. The fraction of sp³-hybridized carbons (Fsp3) is 0.111. The van der Waals surface area contributed by atoms with Crippen molar-refractivity contribution in [3.8, 4) is 21.1 Å². The van der Waals surface area contributed by atoms with E-state index in [0.29, 0.717) is 0 Å². The molecule has 4 aromatic heterocycles. The summed E-state index contributed by atoms with van der Waals surface area (Å²) in [5, 5.41) is 17.3. The lowest BCUT2D eigenvalue weighted by molar-refractivity contribution is 0.838. The van der Waals surface area contributed by atoms with Gasteiger partial charge in [0.1, 0.15) is 5.01 Å². The summed E-state index contributed by atoms with van der Waals surface area (Å²) in [4.78, 5) is 6.81. The SMILES string of the molecule is CCc1nnc2sc(-c3cc(-c4cccs4)nc4ccccc34)nn12. The molecule has 0 amide bonds. The van der Waals surface area contributed by atoms with Crippen LogP contribution in [-0.2, 0) is 6.42 Å². The number of thiophene rings is 1. The number of benzene rings is 1. The molecule has 0 fully saturated rings. The molecule has 25 heavy (non-hydrogen) atoms. The zero-order valence-corrected chi connectivity index (χ0v) is 15.0. The van der Waals surface area contributed by atoms with Crippen molar-refractivity contribution in [2.45, 2.75) is 13.3 Å². The summed E-state index contributed by atoms with van der Waals surface area (Å²) in [6.45, 7) is 2.06. The molecular formula is C18H13N5S2. The highest BCUT2D eigenvalue weighted by molar-refractivity contribution is 7.20. The highest BCUT2D eigenvalue weighted by Gasteiger charge is 2.16. The van der Waals surface area contributed by atoms with Crippen LogP contribution < -0.4 is 0 Å². The van der Waals surface area contributed by atoms with E-state index in [-0.39, 0.29) is 0 Å². The van der Waals surface area contributed by atoms with Crippen molar-refractivity contribution in [3.63, 3.8) is 0 Å². The lowest BCUT2D eigenvalue weighted by atomic mass is 10.1. The van der Waals surface area contributed by atoms with E-state index in [2.05, 4.69) is 40.7 Å². The van der Waals surface area contributed by atoms with Crippen molar-refractivity contribution in [1.82, 2.24) is 24.8 Å². The first-order valence-corrected chi connectivity index (χ1v) is 9.68. The molecule has 5 aromatic rings. The van der Waals surface area contributed by atoms with Gasteiger partial charge < -0.3 is 0 Å². The van der Waals surface area contributed by atoms with E-state index < -0.39 is 0 Å². The molecule has 1 aromatic carbocycles. The Kier molecular flexibility index (Phi) is 3.36. The minimum absolute atomic E-state index is 0.807. The van der Waals surface area contributed by atoms with Gasteiger partial charge in [-0.15, -0.1) is 21.5 Å². The molecule has 4 heterocycles. The molecule has 0 N–H and O–H groups in total. The van der Waals surface area contributed by atoms with Gasteiger partial charge in [-0.1, -0.05) is 42.5 Å². The number of nitrogens with zero attached hydrogens (tertiary/aromatic N) is 5. The van der Waals surface area contributed by atoms with E-state index in [1.165, 1.54) is 0 Å². The number of pyridine rings is 1. The second kappa shape index (κ2) is 5.72. The zero-order valence-electron chi connectivity index (χ0n) is 13.4. The summed E-state index contributed by atoms with van der Waals surface area (Å²) in [5.41, 5.74) is 3.04. The monoisotopic (exact) mass is 363 g/mol. The van der Waals surface area contributed by atoms with Crippen LogP contribution in [0.2, 0.25) is 0 Å². The number of aryl methyl sites for hydroxylation is 1. The number of fused-ring (bicyclic) bond motifs is 2. The Hall–Kier alpha value is -2.64. The maximum atomic E-state index is 4.83. The van der Waals surface area contributed by atoms with Crippen molar-refractivity contribution in [2.75, 3.05) is 0 Å². The third kappa shape index (κ3) is 2.35. The maximum Gasteiger partial charge on any atom is 0.234 e. The summed E-state index contributed by atoms with van der Waals surface area (Å²) >= 11 is 3.26. The summed E-state index contributed by atoms with van der Waals surface area (Å²) in [6.07, 6.45) is 0.807. The normalized spacial score (nSPS) is 11.6. The molecule has 5 rings (SSSR count). The molecule has 122 valence electrons. The molecule has 0 radical (unpaired) electrons. The van der Waals surface area contributed by atoms with Gasteiger partial charge in [-0.3, -0.25) is 0 Å². The Bertz CT molecular complexity index is 1190. The molecule has 5 nitrogen and oxygen atoms in total. The van der Waals surface area contributed by atoms with Crippen LogP contribution in [0.3, 0.4) is 0 Å². The van der Waals surface area contributed by atoms with E-state index >= 15 is 0 Å². The quantitative estimate of drug-likeness (QED) is 0.466. The fourth-order valence-electron chi connectivity index (χ4n) is 2.89. The first kappa shape index (κ1) is 14.7. The molecule has 0 saturated carbocycles. The molecule has 0 unspecified atom stereocenters. The molecule has 7 heteroatoms. The van der Waals surface area contributed by atoms with Crippen LogP contribution in [0.25, 0.3) is 37.0 Å². The number of hydrogen-bond donors (Lipinski definition) is 0. The van der Waals surface area contributed by atoms with Crippen LogP contribution in [-0.4, -0.2) is 24.8 Å². The van der Waals surface area contributed by atoms with Crippen molar-refractivity contribution in [2.24, 2.45) is 0 Å². The molecule has 0 bridgehead atoms. The molecule has 0 aliphatic heterocycles. The average molecular weight is 363 g/mol. The highest BCUT2D eigenvalue weighted by atomic mass is 32.1. The van der Waals surface area contributed by atoms with Gasteiger partial charge in [0, 0.05) is 17.4 Å². The smallest absolute Gasteiger partial charge is 0.234 e. The third-order valence-electron chi connectivity index (χ3n) is 4.09. The lowest BCUT2D eigenvalue weighted by Gasteiger charge is -2.06. The van der Waals surface area contributed by atoms with Gasteiger partial charge in [-0.25, -0.2) is 4.98 Å². The van der Waals surface area contributed by atoms with Gasteiger partial charge in [0.05, 0.1) is 16.1 Å². The second-order valence-electron chi connectivity index (χ2n) is 5.62. The van der Waals surface area contributed by atoms with Gasteiger partial charge in [-0.2, -0.15) is 9.61 Å². The largest absolute Gasteiger partial charge is 0.247 e. The summed E-state index contributed by atoms with van der Waals surface area (Å²) in [7, 11) is 0. The van der Waals surface area contributed by atoms with E-state index in [0.717, 1.165) is 49.3 Å². The number of para-hydroxylation sites is 1. The zero-order chi connectivity index (χ0) is 16.8. The number of aromatic nitrogens is 5. The second-order valence-corrected chi connectivity index (χ2v) is 7.52. The van der Waals surface area contributed by atoms with Crippen molar-refractivity contribution in [3.05, 3.63) is 53.7 Å². The Labute approximate surface area is 151 Å². The van der Waals surface area contributed by atoms with Crippen molar-refractivity contribution < 1.29 is 0 Å². The highest BCUT2D eigenvalue weighted by Crippen LogP contribution is 2.35. The third-order valence-corrected chi connectivity index (χ3v) is 5.92. The fourth-order valence-corrected chi connectivity index (χ4v) is 4.46. The van der Waals surface area contributed by atoms with Gasteiger partial charge in [-0.05, 0) is 23.6 Å². The van der Waals surface area contributed by atoms with E-state index in [9.17, 15) is 0 Å².